The summed E-state index contributed by atoms with van der Waals surface area (Å²) in [5.74, 6) is -3.70. The van der Waals surface area contributed by atoms with E-state index in [1.54, 1.807) is 30.3 Å². The molecule has 1 unspecified atom stereocenters. The molecule has 112 valence electrons. The lowest BCUT2D eigenvalue weighted by Gasteiger charge is -2.28. The van der Waals surface area contributed by atoms with Crippen molar-refractivity contribution in [1.82, 2.24) is 0 Å². The van der Waals surface area contributed by atoms with Gasteiger partial charge in [-0.2, -0.15) is 0 Å². The summed E-state index contributed by atoms with van der Waals surface area (Å²) in [5, 5.41) is 18.6. The van der Waals surface area contributed by atoms with E-state index in [-0.39, 0.29) is 6.42 Å². The van der Waals surface area contributed by atoms with Gasteiger partial charge in [-0.1, -0.05) is 36.9 Å². The SMILES string of the molecule is C=C(C(=O)O)C(CC(=O)OC)(Cc1ccccc1)C(=O)O. The molecule has 21 heavy (non-hydrogen) atoms. The van der Waals surface area contributed by atoms with Crippen molar-refractivity contribution in [1.29, 1.82) is 0 Å². The van der Waals surface area contributed by atoms with Gasteiger partial charge in [-0.3, -0.25) is 9.59 Å². The summed E-state index contributed by atoms with van der Waals surface area (Å²) in [6.45, 7) is 3.34. The zero-order valence-electron chi connectivity index (χ0n) is 11.5. The second-order valence-electron chi connectivity index (χ2n) is 4.59. The molecule has 0 fully saturated rings. The van der Waals surface area contributed by atoms with Gasteiger partial charge < -0.3 is 14.9 Å². The van der Waals surface area contributed by atoms with Gasteiger partial charge in [0.2, 0.25) is 0 Å². The molecule has 6 heteroatoms. The highest BCUT2D eigenvalue weighted by molar-refractivity contribution is 5.98. The van der Waals surface area contributed by atoms with Crippen molar-refractivity contribution in [2.45, 2.75) is 12.8 Å². The fourth-order valence-corrected chi connectivity index (χ4v) is 2.02. The van der Waals surface area contributed by atoms with Crippen LogP contribution in [0.3, 0.4) is 0 Å². The number of hydrogen-bond acceptors (Lipinski definition) is 4. The molecule has 1 rings (SSSR count). The van der Waals surface area contributed by atoms with Gasteiger partial charge in [0.05, 0.1) is 13.5 Å². The van der Waals surface area contributed by atoms with Crippen molar-refractivity contribution >= 4 is 17.9 Å². The molecule has 1 aromatic rings. The van der Waals surface area contributed by atoms with E-state index < -0.39 is 35.3 Å². The number of ether oxygens (including phenoxy) is 1. The largest absolute Gasteiger partial charge is 0.481 e. The van der Waals surface area contributed by atoms with Crippen LogP contribution in [0, 0.1) is 5.41 Å². The van der Waals surface area contributed by atoms with Crippen LogP contribution >= 0.6 is 0 Å². The van der Waals surface area contributed by atoms with Crippen molar-refractivity contribution < 1.29 is 29.3 Å². The lowest BCUT2D eigenvalue weighted by Crippen LogP contribution is -2.40. The molecule has 1 aromatic carbocycles. The van der Waals surface area contributed by atoms with Crippen LogP contribution in [-0.2, 0) is 25.5 Å². The smallest absolute Gasteiger partial charge is 0.332 e. The van der Waals surface area contributed by atoms with Crippen LogP contribution in [0.1, 0.15) is 12.0 Å². The van der Waals surface area contributed by atoms with Crippen molar-refractivity contribution in [2.24, 2.45) is 5.41 Å². The molecule has 6 nitrogen and oxygen atoms in total. The third kappa shape index (κ3) is 3.68. The van der Waals surface area contributed by atoms with E-state index in [4.69, 9.17) is 5.11 Å². The second kappa shape index (κ2) is 6.69. The molecular formula is C15H16O6. The van der Waals surface area contributed by atoms with Gasteiger partial charge in [0.25, 0.3) is 0 Å². The summed E-state index contributed by atoms with van der Waals surface area (Å²) in [5.41, 5.74) is -1.91. The quantitative estimate of drug-likeness (QED) is 0.583. The Morgan fingerprint density at radius 2 is 1.76 bits per heavy atom. The summed E-state index contributed by atoms with van der Waals surface area (Å²) >= 11 is 0. The topological polar surface area (TPSA) is 101 Å². The van der Waals surface area contributed by atoms with Crippen LogP contribution in [0.15, 0.2) is 42.5 Å². The van der Waals surface area contributed by atoms with Gasteiger partial charge in [0.1, 0.15) is 5.41 Å². The summed E-state index contributed by atoms with van der Waals surface area (Å²) < 4.78 is 4.49. The fourth-order valence-electron chi connectivity index (χ4n) is 2.02. The molecule has 1 atom stereocenters. The third-order valence-electron chi connectivity index (χ3n) is 3.27. The van der Waals surface area contributed by atoms with E-state index in [1.165, 1.54) is 0 Å². The van der Waals surface area contributed by atoms with Crippen LogP contribution in [0.4, 0.5) is 0 Å². The fraction of sp³-hybridized carbons (Fsp3) is 0.267. The predicted octanol–water partition coefficient (Wildman–Crippen LogP) is 1.50. The van der Waals surface area contributed by atoms with E-state index in [1.807, 2.05) is 0 Å². The van der Waals surface area contributed by atoms with E-state index in [9.17, 15) is 19.5 Å². The number of hydrogen-bond donors (Lipinski definition) is 2. The number of carbonyl (C=O) groups is 3. The number of carboxylic acid groups (broad SMARTS) is 2. The molecule has 0 aliphatic carbocycles. The van der Waals surface area contributed by atoms with E-state index in [2.05, 4.69) is 11.3 Å². The normalized spacial score (nSPS) is 13.0. The standard InChI is InChI=1S/C15H16O6/c1-10(13(17)18)15(14(19)20,9-12(16)21-2)8-11-6-4-3-5-7-11/h3-7H,1,8-9H2,2H3,(H,17,18)(H,19,20). The summed E-state index contributed by atoms with van der Waals surface area (Å²) in [4.78, 5) is 34.4. The highest BCUT2D eigenvalue weighted by Crippen LogP contribution is 2.36. The highest BCUT2D eigenvalue weighted by Gasteiger charge is 2.46. The second-order valence-corrected chi connectivity index (χ2v) is 4.59. The zero-order valence-corrected chi connectivity index (χ0v) is 11.5. The van der Waals surface area contributed by atoms with Crippen molar-refractivity contribution in [3.8, 4) is 0 Å². The van der Waals surface area contributed by atoms with Gasteiger partial charge >= 0.3 is 17.9 Å². The average Bonchev–Trinajstić information content (AvgIpc) is 2.46. The first-order chi connectivity index (χ1) is 9.83. The van der Waals surface area contributed by atoms with Crippen molar-refractivity contribution in [3.63, 3.8) is 0 Å². The molecule has 0 bridgehead atoms. The maximum Gasteiger partial charge on any atom is 0.332 e. The Morgan fingerprint density at radius 1 is 1.19 bits per heavy atom. The van der Waals surface area contributed by atoms with Gasteiger partial charge in [0, 0.05) is 5.57 Å². The molecule has 0 amide bonds. The van der Waals surface area contributed by atoms with Crippen molar-refractivity contribution in [2.75, 3.05) is 7.11 Å². The molecule has 0 aromatic heterocycles. The first-order valence-electron chi connectivity index (χ1n) is 6.10. The minimum atomic E-state index is -1.94. The Labute approximate surface area is 121 Å². The lowest BCUT2D eigenvalue weighted by atomic mass is 9.73. The number of benzene rings is 1. The highest BCUT2D eigenvalue weighted by atomic mass is 16.5. The van der Waals surface area contributed by atoms with E-state index in [0.29, 0.717) is 5.56 Å². The van der Waals surface area contributed by atoms with Gasteiger partial charge in [-0.25, -0.2) is 4.79 Å². The van der Waals surface area contributed by atoms with Crippen molar-refractivity contribution in [3.05, 3.63) is 48.0 Å². The average molecular weight is 292 g/mol. The van der Waals surface area contributed by atoms with Gasteiger partial charge in [-0.05, 0) is 12.0 Å². The molecule has 0 aliphatic heterocycles. The third-order valence-corrected chi connectivity index (χ3v) is 3.27. The van der Waals surface area contributed by atoms with Gasteiger partial charge in [0.15, 0.2) is 0 Å². The Morgan fingerprint density at radius 3 is 2.19 bits per heavy atom. The lowest BCUT2D eigenvalue weighted by molar-refractivity contribution is -0.156. The molecule has 0 radical (unpaired) electrons. The number of esters is 1. The molecule has 0 heterocycles. The van der Waals surface area contributed by atoms with E-state index in [0.717, 1.165) is 7.11 Å². The van der Waals surface area contributed by atoms with E-state index >= 15 is 0 Å². The molecule has 0 saturated carbocycles. The van der Waals surface area contributed by atoms with Crippen LogP contribution in [0.25, 0.3) is 0 Å². The van der Waals surface area contributed by atoms with Gasteiger partial charge in [-0.15, -0.1) is 0 Å². The molecule has 0 spiro atoms. The Hall–Kier alpha value is -2.63. The first kappa shape index (κ1) is 16.4. The Bertz CT molecular complexity index is 563. The maximum absolute atomic E-state index is 11.7. The monoisotopic (exact) mass is 292 g/mol. The number of carboxylic acids is 2. The number of rotatable bonds is 7. The van der Waals surface area contributed by atoms with Crippen LogP contribution in [0.5, 0.6) is 0 Å². The molecule has 2 N–H and O–H groups in total. The Balaban J connectivity index is 3.30. The number of methoxy groups -OCH3 is 1. The zero-order chi connectivity index (χ0) is 16.0. The number of aliphatic carboxylic acids is 2. The minimum Gasteiger partial charge on any atom is -0.481 e. The maximum atomic E-state index is 11.7. The van der Waals surface area contributed by atoms with Crippen LogP contribution in [0.2, 0.25) is 0 Å². The van der Waals surface area contributed by atoms with Crippen LogP contribution < -0.4 is 0 Å². The summed E-state index contributed by atoms with van der Waals surface area (Å²) in [6.07, 6.45) is -0.762. The Kier molecular flexibility index (Phi) is 5.24. The minimum absolute atomic E-state index is 0.163. The number of carbonyl (C=O) groups excluding carboxylic acids is 1. The van der Waals surface area contributed by atoms with Crippen LogP contribution in [-0.4, -0.2) is 35.2 Å². The summed E-state index contributed by atoms with van der Waals surface area (Å²) in [7, 11) is 1.11. The first-order valence-corrected chi connectivity index (χ1v) is 6.10. The predicted molar refractivity (Wildman–Crippen MR) is 73.6 cm³/mol. The molecular weight excluding hydrogens is 276 g/mol. The molecule has 0 aliphatic rings. The summed E-state index contributed by atoms with van der Waals surface area (Å²) in [6, 6.07) is 8.46. The molecule has 0 saturated heterocycles.